The standard InChI is InChI=1S/C38H64O17.C14H19Br3O2/c1-4-32(45)53-28-35(15-39,16-40)21-50-25-38(24-49-13-12-48-14-31-10-8-7-9-11-31,26-51-22-36(17-41,18-42)29-54-33(46)5-2)27-52-23-37(19-43,20-44)30-55-34(47)6-3;15-9-14(10-16,11-17)12-19-7-6-18-8-13-4-2-1-3-5-13/h7-11,39-44H,4-6,12-30H2,1-3H3;1-5H,6-12H2. The van der Waals surface area contributed by atoms with Gasteiger partial charge in [-0.05, 0) is 11.1 Å². The van der Waals surface area contributed by atoms with Crippen molar-refractivity contribution in [1.29, 1.82) is 0 Å². The fraction of sp³-hybridized carbons (Fsp3) is 0.712. The molecule has 2 rings (SSSR count). The first-order valence-electron chi connectivity index (χ1n) is 24.6. The zero-order valence-corrected chi connectivity index (χ0v) is 48.2. The van der Waals surface area contributed by atoms with Gasteiger partial charge in [0.2, 0.25) is 0 Å². The number of carbonyl (C=O) groups excluding carboxylic acids is 3. The van der Waals surface area contributed by atoms with E-state index in [1.165, 1.54) is 5.56 Å². The molecule has 0 aliphatic rings. The molecule has 0 radical (unpaired) electrons. The van der Waals surface area contributed by atoms with Crippen LogP contribution in [0.4, 0.5) is 0 Å². The Morgan fingerprint density at radius 1 is 0.365 bits per heavy atom. The lowest BCUT2D eigenvalue weighted by atomic mass is 9.89. The van der Waals surface area contributed by atoms with Crippen molar-refractivity contribution in [1.82, 2.24) is 0 Å². The molecule has 0 aromatic heterocycles. The average molecular weight is 1250 g/mol. The van der Waals surface area contributed by atoms with E-state index in [1.807, 2.05) is 48.5 Å². The molecule has 19 nitrogen and oxygen atoms in total. The van der Waals surface area contributed by atoms with Crippen LogP contribution in [-0.2, 0) is 75.0 Å². The summed E-state index contributed by atoms with van der Waals surface area (Å²) < 4.78 is 57.0. The Morgan fingerprint density at radius 3 is 0.892 bits per heavy atom. The van der Waals surface area contributed by atoms with Crippen molar-refractivity contribution in [2.24, 2.45) is 27.1 Å². The van der Waals surface area contributed by atoms with E-state index in [0.29, 0.717) is 33.0 Å². The molecule has 74 heavy (non-hydrogen) atoms. The maximum Gasteiger partial charge on any atom is 0.305 e. The molecule has 0 saturated carbocycles. The van der Waals surface area contributed by atoms with Gasteiger partial charge in [0.15, 0.2) is 0 Å². The molecule has 2 aromatic carbocycles. The predicted octanol–water partition coefficient (Wildman–Crippen LogP) is 4.42. The largest absolute Gasteiger partial charge is 0.465 e. The van der Waals surface area contributed by atoms with Crippen molar-refractivity contribution in [3.63, 3.8) is 0 Å². The third-order valence-corrected chi connectivity index (χ3v) is 15.1. The summed E-state index contributed by atoms with van der Waals surface area (Å²) in [5.74, 6) is -1.61. The van der Waals surface area contributed by atoms with E-state index in [4.69, 9.17) is 47.4 Å². The van der Waals surface area contributed by atoms with Crippen molar-refractivity contribution >= 4 is 65.7 Å². The molecule has 6 N–H and O–H groups in total. The maximum atomic E-state index is 11.9. The number of esters is 3. The van der Waals surface area contributed by atoms with Gasteiger partial charge in [-0.3, -0.25) is 14.4 Å². The second kappa shape index (κ2) is 40.9. The fourth-order valence-corrected chi connectivity index (χ4v) is 9.37. The van der Waals surface area contributed by atoms with E-state index in [1.54, 1.807) is 20.8 Å². The van der Waals surface area contributed by atoms with E-state index in [0.717, 1.165) is 21.6 Å². The lowest BCUT2D eigenvalue weighted by Crippen LogP contribution is -2.48. The quantitative estimate of drug-likeness (QED) is 0.0232. The first-order chi connectivity index (χ1) is 35.7. The third-order valence-electron chi connectivity index (χ3n) is 11.6. The second-order valence-corrected chi connectivity index (χ2v) is 20.2. The van der Waals surface area contributed by atoms with Gasteiger partial charge in [0.1, 0.15) is 19.8 Å². The Morgan fingerprint density at radius 2 is 0.622 bits per heavy atom. The molecule has 0 amide bonds. The monoisotopic (exact) mass is 1250 g/mol. The zero-order valence-electron chi connectivity index (χ0n) is 43.4. The topological polar surface area (TPSA) is 265 Å². The number of hydrogen-bond acceptors (Lipinski definition) is 19. The third kappa shape index (κ3) is 27.9. The molecule has 0 bridgehead atoms. The molecule has 0 aliphatic heterocycles. The molecular weight excluding hydrogens is 1170 g/mol. The van der Waals surface area contributed by atoms with Crippen molar-refractivity contribution < 1.29 is 92.4 Å². The fourth-order valence-electron chi connectivity index (χ4n) is 6.10. The van der Waals surface area contributed by atoms with Crippen LogP contribution in [0, 0.1) is 27.1 Å². The maximum absolute atomic E-state index is 11.9. The highest BCUT2D eigenvalue weighted by atomic mass is 79.9. The van der Waals surface area contributed by atoms with Gasteiger partial charge in [0.25, 0.3) is 0 Å². The molecule has 0 spiro atoms. The summed E-state index contributed by atoms with van der Waals surface area (Å²) in [6.45, 7) is 1.94. The second-order valence-electron chi connectivity index (χ2n) is 18.6. The summed E-state index contributed by atoms with van der Waals surface area (Å²) in [6, 6.07) is 19.7. The van der Waals surface area contributed by atoms with Crippen LogP contribution in [0.15, 0.2) is 60.7 Å². The molecule has 22 heteroatoms. The van der Waals surface area contributed by atoms with Crippen molar-refractivity contribution in [3.8, 4) is 0 Å². The summed E-state index contributed by atoms with van der Waals surface area (Å²) in [5.41, 5.74) is -3.08. The molecule has 426 valence electrons. The van der Waals surface area contributed by atoms with E-state index in [9.17, 15) is 45.0 Å². The van der Waals surface area contributed by atoms with Gasteiger partial charge in [0.05, 0.1) is 154 Å². The van der Waals surface area contributed by atoms with Gasteiger partial charge in [0, 0.05) is 40.7 Å². The lowest BCUT2D eigenvalue weighted by Gasteiger charge is -2.38. The molecular formula is C52H83Br3O19. The minimum atomic E-state index is -1.37. The van der Waals surface area contributed by atoms with Crippen molar-refractivity contribution in [2.75, 3.05) is 155 Å². The Hall–Kier alpha value is -2.23. The Kier molecular flexibility index (Phi) is 38.6. The normalized spacial score (nSPS) is 12.3. The SMILES string of the molecule is BrCC(CBr)(CBr)COCCOCc1ccccc1.CCC(=O)OCC(CO)(CO)COCC(COCCOCc1ccccc1)(COCC(CO)(CO)COC(=O)CC)COCC(CO)(CO)COC(=O)CC. The van der Waals surface area contributed by atoms with Crippen LogP contribution in [0.5, 0.6) is 0 Å². The molecule has 0 heterocycles. The van der Waals surface area contributed by atoms with Crippen LogP contribution in [0.3, 0.4) is 0 Å². The van der Waals surface area contributed by atoms with Gasteiger partial charge in [-0.1, -0.05) is 129 Å². The highest BCUT2D eigenvalue weighted by Crippen LogP contribution is 2.29. The van der Waals surface area contributed by atoms with E-state index in [2.05, 4.69) is 59.9 Å². The lowest BCUT2D eigenvalue weighted by molar-refractivity contribution is -0.167. The van der Waals surface area contributed by atoms with Gasteiger partial charge in [-0.2, -0.15) is 0 Å². The highest BCUT2D eigenvalue weighted by Gasteiger charge is 2.40. The van der Waals surface area contributed by atoms with Gasteiger partial charge < -0.3 is 78.0 Å². The van der Waals surface area contributed by atoms with Gasteiger partial charge in [-0.15, -0.1) is 0 Å². The Bertz CT molecular complexity index is 1600. The first-order valence-corrected chi connectivity index (χ1v) is 28.0. The van der Waals surface area contributed by atoms with Crippen LogP contribution < -0.4 is 0 Å². The number of alkyl halides is 3. The summed E-state index contributed by atoms with van der Waals surface area (Å²) in [5, 5.41) is 63.9. The molecule has 0 fully saturated rings. The predicted molar refractivity (Wildman–Crippen MR) is 286 cm³/mol. The summed E-state index contributed by atoms with van der Waals surface area (Å²) in [4.78, 5) is 35.7. The zero-order chi connectivity index (χ0) is 55.0. The highest BCUT2D eigenvalue weighted by molar-refractivity contribution is 9.10. The minimum absolute atomic E-state index is 0.0830. The van der Waals surface area contributed by atoms with Crippen molar-refractivity contribution in [3.05, 3.63) is 71.8 Å². The van der Waals surface area contributed by atoms with Crippen LogP contribution in [-0.4, -0.2) is 203 Å². The average Bonchev–Trinajstić information content (AvgIpc) is 3.45. The van der Waals surface area contributed by atoms with Crippen LogP contribution in [0.25, 0.3) is 0 Å². The number of hydrogen-bond donors (Lipinski definition) is 6. The number of benzene rings is 2. The number of aliphatic hydroxyl groups excluding tert-OH is 6. The van der Waals surface area contributed by atoms with Crippen LogP contribution >= 0.6 is 47.8 Å². The van der Waals surface area contributed by atoms with E-state index >= 15 is 0 Å². The molecule has 2 aromatic rings. The molecule has 0 atom stereocenters. The van der Waals surface area contributed by atoms with Gasteiger partial charge >= 0.3 is 17.9 Å². The summed E-state index contributed by atoms with van der Waals surface area (Å²) in [6.07, 6.45) is 0.249. The van der Waals surface area contributed by atoms with Crippen LogP contribution in [0.1, 0.15) is 51.2 Å². The number of ether oxygens (including phenoxy) is 10. The van der Waals surface area contributed by atoms with E-state index in [-0.39, 0.29) is 104 Å². The van der Waals surface area contributed by atoms with Crippen molar-refractivity contribution in [2.45, 2.75) is 53.2 Å². The number of rotatable bonds is 44. The first kappa shape index (κ1) is 69.8. The van der Waals surface area contributed by atoms with Gasteiger partial charge in [-0.25, -0.2) is 0 Å². The van der Waals surface area contributed by atoms with E-state index < -0.39 is 79.2 Å². The Balaban J connectivity index is 0.00000120. The summed E-state index contributed by atoms with van der Waals surface area (Å²) in [7, 11) is 0. The smallest absolute Gasteiger partial charge is 0.305 e. The summed E-state index contributed by atoms with van der Waals surface area (Å²) >= 11 is 10.6. The number of halogens is 3. The number of carbonyl (C=O) groups is 3. The Labute approximate surface area is 462 Å². The molecule has 0 unspecified atom stereocenters. The number of aliphatic hydroxyl groups is 6. The molecule has 0 aliphatic carbocycles. The minimum Gasteiger partial charge on any atom is -0.465 e. The van der Waals surface area contributed by atoms with Crippen LogP contribution in [0.2, 0.25) is 0 Å². The molecule has 0 saturated heterocycles.